The van der Waals surface area contributed by atoms with E-state index in [-0.39, 0.29) is 0 Å². The lowest BCUT2D eigenvalue weighted by Crippen LogP contribution is -2.26. The Kier molecular flexibility index (Phi) is 5.84. The second kappa shape index (κ2) is 7.63. The van der Waals surface area contributed by atoms with E-state index in [4.69, 9.17) is 4.98 Å². The SMILES string of the molecule is CCCc1cc(CNC)cc(N2CCCC(C)CC2)n1. The molecule has 3 nitrogen and oxygen atoms in total. The first-order valence-electron chi connectivity index (χ1n) is 8.12. The van der Waals surface area contributed by atoms with Crippen molar-refractivity contribution in [1.29, 1.82) is 0 Å². The molecule has 0 aromatic carbocycles. The third-order valence-corrected chi connectivity index (χ3v) is 4.15. The van der Waals surface area contributed by atoms with E-state index in [0.717, 1.165) is 38.4 Å². The third kappa shape index (κ3) is 4.20. The normalized spacial score (nSPS) is 19.9. The van der Waals surface area contributed by atoms with Crippen LogP contribution in [-0.2, 0) is 13.0 Å². The number of nitrogens with one attached hydrogen (secondary N) is 1. The summed E-state index contributed by atoms with van der Waals surface area (Å²) in [6.07, 6.45) is 6.18. The maximum Gasteiger partial charge on any atom is 0.129 e. The molecule has 3 heteroatoms. The second-order valence-corrected chi connectivity index (χ2v) is 6.13. The highest BCUT2D eigenvalue weighted by Gasteiger charge is 2.16. The van der Waals surface area contributed by atoms with Gasteiger partial charge < -0.3 is 10.2 Å². The monoisotopic (exact) mass is 275 g/mol. The summed E-state index contributed by atoms with van der Waals surface area (Å²) in [6, 6.07) is 4.52. The Bertz CT molecular complexity index is 392. The minimum absolute atomic E-state index is 0.857. The van der Waals surface area contributed by atoms with Crippen molar-refractivity contribution in [2.24, 2.45) is 5.92 Å². The molecule has 1 aliphatic heterocycles. The molecule has 1 saturated heterocycles. The molecule has 20 heavy (non-hydrogen) atoms. The number of rotatable bonds is 5. The summed E-state index contributed by atoms with van der Waals surface area (Å²) < 4.78 is 0. The van der Waals surface area contributed by atoms with Gasteiger partial charge in [-0.1, -0.05) is 20.3 Å². The van der Waals surface area contributed by atoms with Gasteiger partial charge in [0.15, 0.2) is 0 Å². The molecule has 2 heterocycles. The smallest absolute Gasteiger partial charge is 0.129 e. The fraction of sp³-hybridized carbons (Fsp3) is 0.706. The Morgan fingerprint density at radius 1 is 1.30 bits per heavy atom. The molecule has 1 atom stereocenters. The molecule has 1 aromatic rings. The van der Waals surface area contributed by atoms with E-state index < -0.39 is 0 Å². The predicted molar refractivity (Wildman–Crippen MR) is 86.2 cm³/mol. The van der Waals surface area contributed by atoms with E-state index in [1.165, 1.54) is 36.3 Å². The predicted octanol–water partition coefficient (Wildman–Crippen LogP) is 3.38. The summed E-state index contributed by atoms with van der Waals surface area (Å²) in [6.45, 7) is 7.84. The molecule has 1 aromatic heterocycles. The topological polar surface area (TPSA) is 28.2 Å². The van der Waals surface area contributed by atoms with E-state index in [1.807, 2.05) is 7.05 Å². The van der Waals surface area contributed by atoms with Gasteiger partial charge >= 0.3 is 0 Å². The van der Waals surface area contributed by atoms with Gasteiger partial charge in [-0.05, 0) is 56.3 Å². The lowest BCUT2D eigenvalue weighted by molar-refractivity contribution is 0.521. The van der Waals surface area contributed by atoms with Crippen LogP contribution in [0.2, 0.25) is 0 Å². The maximum absolute atomic E-state index is 4.89. The van der Waals surface area contributed by atoms with E-state index in [0.29, 0.717) is 0 Å². The van der Waals surface area contributed by atoms with Gasteiger partial charge in [-0.25, -0.2) is 4.98 Å². The minimum Gasteiger partial charge on any atom is -0.357 e. The van der Waals surface area contributed by atoms with Crippen molar-refractivity contribution in [3.63, 3.8) is 0 Å². The molecular formula is C17H29N3. The summed E-state index contributed by atoms with van der Waals surface area (Å²) in [4.78, 5) is 7.38. The van der Waals surface area contributed by atoms with Crippen molar-refractivity contribution < 1.29 is 0 Å². The Morgan fingerprint density at radius 2 is 2.15 bits per heavy atom. The average Bonchev–Trinajstić information content (AvgIpc) is 2.64. The van der Waals surface area contributed by atoms with Crippen LogP contribution >= 0.6 is 0 Å². The molecule has 0 radical (unpaired) electrons. The lowest BCUT2D eigenvalue weighted by Gasteiger charge is -2.23. The molecule has 112 valence electrons. The lowest BCUT2D eigenvalue weighted by atomic mass is 10.0. The third-order valence-electron chi connectivity index (χ3n) is 4.15. The van der Waals surface area contributed by atoms with Gasteiger partial charge in [-0.15, -0.1) is 0 Å². The first-order valence-corrected chi connectivity index (χ1v) is 8.12. The van der Waals surface area contributed by atoms with Gasteiger partial charge in [0.2, 0.25) is 0 Å². The summed E-state index contributed by atoms with van der Waals surface area (Å²) in [5.41, 5.74) is 2.60. The van der Waals surface area contributed by atoms with E-state index in [2.05, 4.69) is 36.2 Å². The van der Waals surface area contributed by atoms with Gasteiger partial charge in [-0.3, -0.25) is 0 Å². The van der Waals surface area contributed by atoms with Crippen LogP contribution in [0.5, 0.6) is 0 Å². The zero-order chi connectivity index (χ0) is 14.4. The fourth-order valence-corrected chi connectivity index (χ4v) is 2.98. The average molecular weight is 275 g/mol. The standard InChI is InChI=1S/C17H29N3/c1-4-6-16-11-15(13-18-3)12-17(19-16)20-9-5-7-14(2)8-10-20/h11-12,14,18H,4-10,13H2,1-3H3. The van der Waals surface area contributed by atoms with Crippen LogP contribution in [0.3, 0.4) is 0 Å². The van der Waals surface area contributed by atoms with Crippen LogP contribution < -0.4 is 10.2 Å². The number of hydrogen-bond acceptors (Lipinski definition) is 3. The highest BCUT2D eigenvalue weighted by atomic mass is 15.2. The van der Waals surface area contributed by atoms with Crippen molar-refractivity contribution in [2.75, 3.05) is 25.0 Å². The summed E-state index contributed by atoms with van der Waals surface area (Å²) in [5, 5.41) is 3.26. The summed E-state index contributed by atoms with van der Waals surface area (Å²) in [5.74, 6) is 2.05. The zero-order valence-electron chi connectivity index (χ0n) is 13.3. The number of aromatic nitrogens is 1. The number of hydrogen-bond donors (Lipinski definition) is 1. The number of aryl methyl sites for hydroxylation is 1. The number of nitrogens with zero attached hydrogens (tertiary/aromatic N) is 2. The van der Waals surface area contributed by atoms with Crippen molar-refractivity contribution in [3.8, 4) is 0 Å². The second-order valence-electron chi connectivity index (χ2n) is 6.13. The summed E-state index contributed by atoms with van der Waals surface area (Å²) >= 11 is 0. The van der Waals surface area contributed by atoms with Crippen LogP contribution in [0.15, 0.2) is 12.1 Å². The molecule has 0 bridgehead atoms. The maximum atomic E-state index is 4.89. The molecule has 0 spiro atoms. The van der Waals surface area contributed by atoms with Crippen LogP contribution in [0, 0.1) is 5.92 Å². The molecule has 1 unspecified atom stereocenters. The van der Waals surface area contributed by atoms with E-state index in [9.17, 15) is 0 Å². The molecule has 1 fully saturated rings. The Morgan fingerprint density at radius 3 is 2.90 bits per heavy atom. The zero-order valence-corrected chi connectivity index (χ0v) is 13.3. The Labute approximate surface area is 123 Å². The Hall–Kier alpha value is -1.09. The highest BCUT2D eigenvalue weighted by molar-refractivity contribution is 5.43. The van der Waals surface area contributed by atoms with Crippen LogP contribution in [-0.4, -0.2) is 25.1 Å². The molecular weight excluding hydrogens is 246 g/mol. The quantitative estimate of drug-likeness (QED) is 0.893. The summed E-state index contributed by atoms with van der Waals surface area (Å²) in [7, 11) is 2.01. The van der Waals surface area contributed by atoms with Crippen LogP contribution in [0.1, 0.15) is 50.8 Å². The minimum atomic E-state index is 0.857. The van der Waals surface area contributed by atoms with Crippen molar-refractivity contribution in [2.45, 2.75) is 52.5 Å². The van der Waals surface area contributed by atoms with Crippen molar-refractivity contribution in [1.82, 2.24) is 10.3 Å². The Balaban J connectivity index is 2.19. The molecule has 1 N–H and O–H groups in total. The number of anilines is 1. The van der Waals surface area contributed by atoms with Crippen LogP contribution in [0.4, 0.5) is 5.82 Å². The van der Waals surface area contributed by atoms with Crippen LogP contribution in [0.25, 0.3) is 0 Å². The van der Waals surface area contributed by atoms with Crippen molar-refractivity contribution >= 4 is 5.82 Å². The van der Waals surface area contributed by atoms with Gasteiger partial charge in [0.1, 0.15) is 5.82 Å². The first kappa shape index (κ1) is 15.3. The molecule has 0 aliphatic carbocycles. The molecule has 2 rings (SSSR count). The largest absolute Gasteiger partial charge is 0.357 e. The van der Waals surface area contributed by atoms with E-state index in [1.54, 1.807) is 0 Å². The van der Waals surface area contributed by atoms with E-state index >= 15 is 0 Å². The molecule has 1 aliphatic rings. The van der Waals surface area contributed by atoms with Gasteiger partial charge in [0, 0.05) is 25.3 Å². The molecule has 0 saturated carbocycles. The highest BCUT2D eigenvalue weighted by Crippen LogP contribution is 2.22. The first-order chi connectivity index (χ1) is 9.72. The van der Waals surface area contributed by atoms with Gasteiger partial charge in [-0.2, -0.15) is 0 Å². The fourth-order valence-electron chi connectivity index (χ4n) is 2.98. The number of pyridine rings is 1. The van der Waals surface area contributed by atoms with Gasteiger partial charge in [0.25, 0.3) is 0 Å². The molecule has 0 amide bonds. The van der Waals surface area contributed by atoms with Gasteiger partial charge in [0.05, 0.1) is 0 Å². The van der Waals surface area contributed by atoms with Crippen molar-refractivity contribution in [3.05, 3.63) is 23.4 Å².